The molecule has 2 amide bonds. The van der Waals surface area contributed by atoms with E-state index in [0.29, 0.717) is 101 Å². The molecule has 1 aromatic heterocycles. The van der Waals surface area contributed by atoms with Gasteiger partial charge < -0.3 is 55.4 Å². The van der Waals surface area contributed by atoms with E-state index in [1.807, 2.05) is 62.6 Å². The van der Waals surface area contributed by atoms with Crippen LogP contribution in [-0.4, -0.2) is 227 Å². The maximum Gasteiger partial charge on any atom is 0.317 e. The van der Waals surface area contributed by atoms with Gasteiger partial charge in [0, 0.05) is 111 Å². The van der Waals surface area contributed by atoms with Crippen molar-refractivity contribution in [3.8, 4) is 28.6 Å². The first-order valence-electron chi connectivity index (χ1n) is 22.9. The van der Waals surface area contributed by atoms with Gasteiger partial charge in [-0.25, -0.2) is 0 Å². The van der Waals surface area contributed by atoms with E-state index < -0.39 is 5.97 Å². The molecule has 0 atom stereocenters. The monoisotopic (exact) mass is 955 g/mol. The average molecular weight is 955 g/mol. The van der Waals surface area contributed by atoms with Crippen molar-refractivity contribution >= 4 is 36.6 Å². The molecule has 2 aliphatic rings. The molecular weight excluding hydrogens is 881 g/mol. The first-order valence-corrected chi connectivity index (χ1v) is 22.9. The number of rotatable bonds is 17. The van der Waals surface area contributed by atoms with E-state index in [1.54, 1.807) is 24.6 Å². The Kier molecular flexibility index (Phi) is 27.6. The highest BCUT2D eigenvalue weighted by Gasteiger charge is 2.26. The number of piperidine rings is 1. The van der Waals surface area contributed by atoms with Gasteiger partial charge in [-0.2, -0.15) is 0 Å². The smallest absolute Gasteiger partial charge is 0.317 e. The number of hydrogen-bond acceptors (Lipinski definition) is 17. The second-order valence-electron chi connectivity index (χ2n) is 16.5. The molecule has 7 N–H and O–H groups in total. The van der Waals surface area contributed by atoms with Crippen LogP contribution in [0.4, 0.5) is 0 Å². The van der Waals surface area contributed by atoms with Crippen LogP contribution in [-0.2, 0) is 30.4 Å². The predicted octanol–water partition coefficient (Wildman–Crippen LogP) is 0.325. The normalized spacial score (nSPS) is 15.8. The lowest BCUT2D eigenvalue weighted by molar-refractivity contribution is -0.138. The number of carboxylic acids is 1. The topological polar surface area (TPSA) is 275 Å². The van der Waals surface area contributed by atoms with Gasteiger partial charge in [0.15, 0.2) is 5.82 Å². The van der Waals surface area contributed by atoms with Crippen LogP contribution in [0.2, 0.25) is 0 Å². The van der Waals surface area contributed by atoms with Gasteiger partial charge in [-0.1, -0.05) is 26.0 Å². The Morgan fingerprint density at radius 1 is 0.721 bits per heavy atom. The molecule has 3 aromatic rings. The van der Waals surface area contributed by atoms with Gasteiger partial charge in [0.1, 0.15) is 30.4 Å². The summed E-state index contributed by atoms with van der Waals surface area (Å²) >= 11 is 0. The summed E-state index contributed by atoms with van der Waals surface area (Å²) < 4.78 is 1.64. The van der Waals surface area contributed by atoms with Crippen molar-refractivity contribution in [3.63, 3.8) is 0 Å². The molecule has 5 rings (SSSR count). The van der Waals surface area contributed by atoms with Gasteiger partial charge in [-0.15, -0.1) is 10.2 Å². The molecule has 21 nitrogen and oxygen atoms in total. The van der Waals surface area contributed by atoms with Crippen molar-refractivity contribution in [2.45, 2.75) is 46.0 Å². The summed E-state index contributed by atoms with van der Waals surface area (Å²) in [6.45, 7) is 13.7. The van der Waals surface area contributed by atoms with E-state index in [4.69, 9.17) is 15.3 Å². The Hall–Kier alpha value is -5.68. The standard InChI is InChI=1S/C29H38N6O4.C16H28N4O5.2CH4O/c1-18(2)23-16-24(26(38)17-25(23)37)27-32-33-28(29(39)31-12-11-30-4)35(27)22-7-5-20(6-8-22)15-21-9-13-34(14-10-21)19(3)36;21-12-9-17-1-3-18(10-13-22)5-7-20(15-16(24)25)8-6-19(4-2-17)11-14-23;2*1-2/h5-8,16-18,21,30,37-38H,9-15H2,1-4H3,(H,31,39);12-14H,1-11,15H2,(H,24,25);2*2H,1H3. The van der Waals surface area contributed by atoms with Crippen molar-refractivity contribution < 1.29 is 54.3 Å². The van der Waals surface area contributed by atoms with Gasteiger partial charge in [0.2, 0.25) is 11.7 Å². The molecule has 0 aliphatic carbocycles. The summed E-state index contributed by atoms with van der Waals surface area (Å²) in [5.41, 5.74) is 2.88. The highest BCUT2D eigenvalue weighted by Crippen LogP contribution is 2.38. The van der Waals surface area contributed by atoms with Crippen LogP contribution in [0.5, 0.6) is 11.5 Å². The van der Waals surface area contributed by atoms with Crippen LogP contribution in [0.1, 0.15) is 61.3 Å². The molecule has 3 heterocycles. The minimum Gasteiger partial charge on any atom is -0.508 e. The van der Waals surface area contributed by atoms with Gasteiger partial charge in [0.05, 0.1) is 31.7 Å². The minimum atomic E-state index is -0.895. The molecule has 2 aliphatic heterocycles. The van der Waals surface area contributed by atoms with Crippen LogP contribution < -0.4 is 10.6 Å². The van der Waals surface area contributed by atoms with Gasteiger partial charge in [-0.3, -0.25) is 38.6 Å². The number of carboxylic acid groups (broad SMARTS) is 1. The lowest BCUT2D eigenvalue weighted by Gasteiger charge is -2.32. The maximum atomic E-state index is 13.1. The summed E-state index contributed by atoms with van der Waals surface area (Å²) in [4.78, 5) is 78.0. The third kappa shape index (κ3) is 19.1. The highest BCUT2D eigenvalue weighted by atomic mass is 16.4. The number of carbonyl (C=O) groups is 6. The van der Waals surface area contributed by atoms with E-state index in [0.717, 1.165) is 65.4 Å². The summed E-state index contributed by atoms with van der Waals surface area (Å²) in [6, 6.07) is 10.9. The number of aromatic hydroxyl groups is 2. The number of phenolic OH excluding ortho intramolecular Hbond substituents is 2. The van der Waals surface area contributed by atoms with Gasteiger partial charge in [-0.05, 0) is 67.5 Å². The Labute approximate surface area is 399 Å². The minimum absolute atomic E-state index is 0.000775. The number of aliphatic carboxylic acids is 1. The van der Waals surface area contributed by atoms with E-state index in [-0.39, 0.29) is 54.7 Å². The number of benzene rings is 2. The number of phenols is 2. The lowest BCUT2D eigenvalue weighted by atomic mass is 9.90. The Morgan fingerprint density at radius 3 is 1.66 bits per heavy atom. The second kappa shape index (κ2) is 32.1. The van der Waals surface area contributed by atoms with Crippen LogP contribution in [0, 0.1) is 5.92 Å². The Morgan fingerprint density at radius 2 is 1.22 bits per heavy atom. The molecule has 2 aromatic carbocycles. The average Bonchev–Trinajstić information content (AvgIpc) is 3.77. The maximum absolute atomic E-state index is 13.1. The van der Waals surface area contributed by atoms with Crippen molar-refractivity contribution in [3.05, 3.63) is 53.3 Å². The fourth-order valence-electron chi connectivity index (χ4n) is 7.82. The number of aromatic nitrogens is 3. The lowest BCUT2D eigenvalue weighted by Crippen LogP contribution is -2.47. The molecule has 0 saturated carbocycles. The van der Waals surface area contributed by atoms with Crippen molar-refractivity contribution in [1.29, 1.82) is 0 Å². The number of amides is 2. The molecule has 0 bridgehead atoms. The first kappa shape index (κ1) is 58.4. The van der Waals surface area contributed by atoms with E-state index in [1.165, 1.54) is 11.6 Å². The number of hydrogen-bond donors (Lipinski definition) is 7. The van der Waals surface area contributed by atoms with Crippen LogP contribution in [0.15, 0.2) is 36.4 Å². The molecule has 378 valence electrons. The quantitative estimate of drug-likeness (QED) is 0.0709. The molecule has 2 fully saturated rings. The largest absolute Gasteiger partial charge is 0.508 e. The highest BCUT2D eigenvalue weighted by molar-refractivity contribution is 5.92. The number of aliphatic hydroxyl groups excluding tert-OH is 2. The second-order valence-corrected chi connectivity index (χ2v) is 16.5. The number of likely N-dealkylation sites (tertiary alicyclic amines) is 1. The third-order valence-corrected chi connectivity index (χ3v) is 11.6. The van der Waals surface area contributed by atoms with Crippen LogP contribution in [0.3, 0.4) is 0 Å². The zero-order valence-electron chi connectivity index (χ0n) is 40.5. The molecule has 21 heteroatoms. The van der Waals surface area contributed by atoms with Crippen LogP contribution >= 0.6 is 0 Å². The SMILES string of the molecule is CNCCNC(=O)c1nnc(-c2cc(C(C)C)c(O)cc2O)n1-c1ccc(CC2CCN(C(C)=O)CC2)cc1.CO.CO.O=CCN1CCN(CC=O)CCN(CC(=O)O)CCN(CC=O)CC1. The van der Waals surface area contributed by atoms with Crippen LogP contribution in [0.25, 0.3) is 17.1 Å². The third-order valence-electron chi connectivity index (χ3n) is 11.6. The summed E-state index contributed by atoms with van der Waals surface area (Å²) in [7, 11) is 3.81. The van der Waals surface area contributed by atoms with E-state index >= 15 is 0 Å². The predicted molar refractivity (Wildman–Crippen MR) is 257 cm³/mol. The zero-order chi connectivity index (χ0) is 50.6. The summed E-state index contributed by atoms with van der Waals surface area (Å²) in [6.07, 6.45) is 5.40. The number of aldehydes is 3. The van der Waals surface area contributed by atoms with E-state index in [9.17, 15) is 39.0 Å². The Balaban J connectivity index is 0.000000474. The Bertz CT molecular complexity index is 1970. The molecule has 0 unspecified atom stereocenters. The van der Waals surface area contributed by atoms with Crippen molar-refractivity contribution in [2.24, 2.45) is 5.92 Å². The molecular formula is C47H74N10O11. The van der Waals surface area contributed by atoms with E-state index in [2.05, 4.69) is 20.8 Å². The molecule has 68 heavy (non-hydrogen) atoms. The molecule has 0 spiro atoms. The van der Waals surface area contributed by atoms with Gasteiger partial charge >= 0.3 is 5.97 Å². The van der Waals surface area contributed by atoms with Crippen molar-refractivity contribution in [1.82, 2.24) is 49.9 Å². The number of nitrogens with one attached hydrogen (secondary N) is 2. The van der Waals surface area contributed by atoms with Crippen molar-refractivity contribution in [2.75, 3.05) is 126 Å². The number of nitrogens with zero attached hydrogens (tertiary/aromatic N) is 8. The summed E-state index contributed by atoms with van der Waals surface area (Å²) in [5, 5.41) is 58.5. The number of aliphatic hydroxyl groups is 2. The summed E-state index contributed by atoms with van der Waals surface area (Å²) in [5.74, 6) is -0.376. The molecule has 2 saturated heterocycles. The van der Waals surface area contributed by atoms with Gasteiger partial charge in [0.25, 0.3) is 5.91 Å². The number of carbonyl (C=O) groups excluding carboxylic acids is 5. The zero-order valence-corrected chi connectivity index (χ0v) is 40.5. The molecule has 0 radical (unpaired) electrons. The number of likely N-dealkylation sites (N-methyl/N-ethyl adjacent to an activating group) is 1. The fraction of sp³-hybridized carbons (Fsp3) is 0.574. The first-order chi connectivity index (χ1) is 32.8. The fourth-order valence-corrected chi connectivity index (χ4v) is 7.82.